The second-order valence-electron chi connectivity index (χ2n) is 27.3. The molecule has 2 aliphatic rings. The molecule has 0 spiro atoms. The number of carboxylic acid groups (broad SMARTS) is 1. The van der Waals surface area contributed by atoms with E-state index in [-0.39, 0.29) is 177 Å². The van der Waals surface area contributed by atoms with E-state index < -0.39 is 145 Å². The standard InChI is InChI=1S/C70H107FN16O23S3.C8H15NO4/c1-2-22-102-26-27-105-25-21-77-64(96)54-43-111-46-61(92)81-51(11-6-7-17-74-58(89)40-109-41-59(90)75-19-23-103-28-30-106-32-34-108-35-33-107-31-29-104-24-20-76-60(91)42-110-80-38-48-13-15-49(71)16-14-48)65(97)86-55-44-112-113-45-56(69(101)84-52(66(98)85-54)36-47-9-4-3-5-10-47)87-67(99)53(37-62(93)94)82-57(88)39-79-63(95)50(83-68(55)100)12-8-18-78-70(72)73;1-7(10)5-13-6-8(11)9-3-4-12-2/h3-5,9-10,13-16,38,50-56H,2,6-8,11-12,17-37,39-46H2,1H3,(H,74,89)(H,75,90)(H,76,91)(H,77,96)(H,79,95)(H,81,92)(H,82,88)(H,83,100)(H,84,101)(H,85,98)(H,86,97)(H,87,99)(H,93,94)(H4,72,73,78);3-6H2,1-2H3,(H,9,11)/b80-38+;/t50-,51-,52-,53-,54-,55-,56-;/m0./s1/i71-1;. The number of hydrogen-bond donors (Lipinski definition) is 16. The molecule has 2 saturated heterocycles. The lowest BCUT2D eigenvalue weighted by molar-refractivity contribution is -0.141. The van der Waals surface area contributed by atoms with Crippen molar-refractivity contribution in [2.75, 3.05) is 208 Å². The van der Waals surface area contributed by atoms with E-state index in [4.69, 9.17) is 63.7 Å². The van der Waals surface area contributed by atoms with E-state index in [1.54, 1.807) is 37.4 Å². The van der Waals surface area contributed by atoms with Gasteiger partial charge < -0.3 is 138 Å². The monoisotopic (exact) mass is 1840 g/mol. The highest BCUT2D eigenvalue weighted by molar-refractivity contribution is 8.76. The maximum atomic E-state index is 14.6. The van der Waals surface area contributed by atoms with Crippen molar-refractivity contribution in [3.8, 4) is 0 Å². The Morgan fingerprint density at radius 3 is 1.52 bits per heavy atom. The van der Waals surface area contributed by atoms with Gasteiger partial charge in [-0.2, -0.15) is 0 Å². The van der Waals surface area contributed by atoms with Crippen molar-refractivity contribution in [3.05, 3.63) is 71.5 Å². The number of aliphatic carboxylic acids is 1. The fourth-order valence-corrected chi connectivity index (χ4v) is 13.7. The van der Waals surface area contributed by atoms with E-state index in [1.807, 2.05) is 6.92 Å². The number of thioether (sulfide) groups is 1. The molecule has 0 aliphatic carbocycles. The van der Waals surface area contributed by atoms with Gasteiger partial charge in [0.2, 0.25) is 70.9 Å². The normalized spacial score (nSPS) is 18.2. The van der Waals surface area contributed by atoms with Crippen LogP contribution in [0.3, 0.4) is 0 Å². The topological polar surface area (TPSA) is 611 Å². The minimum atomic E-state index is -1.83. The van der Waals surface area contributed by atoms with Crippen LogP contribution in [0.1, 0.15) is 69.9 Å². The lowest BCUT2D eigenvalue weighted by Crippen LogP contribution is -2.60. The molecule has 0 saturated carbocycles. The summed E-state index contributed by atoms with van der Waals surface area (Å²) in [6.45, 7) is 6.57. The summed E-state index contributed by atoms with van der Waals surface area (Å²) in [5.74, 6) is -13.5. The molecule has 0 unspecified atom stereocenters. The van der Waals surface area contributed by atoms with Crippen molar-refractivity contribution in [2.24, 2.45) is 21.6 Å². The van der Waals surface area contributed by atoms with E-state index in [1.165, 1.54) is 37.4 Å². The van der Waals surface area contributed by atoms with Gasteiger partial charge in [-0.25, -0.2) is 4.39 Å². The first kappa shape index (κ1) is 110. The lowest BCUT2D eigenvalue weighted by atomic mass is 10.0. The minimum Gasteiger partial charge on any atom is -0.481 e. The first-order valence-electron chi connectivity index (χ1n) is 40.7. The first-order chi connectivity index (χ1) is 60.8. The summed E-state index contributed by atoms with van der Waals surface area (Å²) < 4.78 is 66.2. The molecule has 44 nitrogen and oxygen atoms in total. The largest absolute Gasteiger partial charge is 0.481 e. The molecule has 2 fully saturated rings. The maximum absolute atomic E-state index is 14.6. The van der Waals surface area contributed by atoms with Gasteiger partial charge in [0.1, 0.15) is 74.5 Å². The van der Waals surface area contributed by atoms with Gasteiger partial charge in [-0.3, -0.25) is 76.9 Å². The molecule has 13 amide bonds. The number of fused-ring (bicyclic) bond motifs is 5. The van der Waals surface area contributed by atoms with E-state index in [2.05, 4.69) is 79.3 Å². The van der Waals surface area contributed by atoms with Gasteiger partial charge in [-0.1, -0.05) is 76.1 Å². The zero-order valence-corrected chi connectivity index (χ0v) is 73.6. The van der Waals surface area contributed by atoms with Crippen LogP contribution in [-0.4, -0.2) is 356 Å². The molecule has 2 aliphatic heterocycles. The Labute approximate surface area is 742 Å². The van der Waals surface area contributed by atoms with Crippen molar-refractivity contribution >= 4 is 134 Å². The SMILES string of the molecule is CCCOCCOCCNC(=O)[C@@H]1CSCC(=O)N[C@@H](CCCCNC(=O)COCC(=O)NCCOCCOCCOCCOCCOCCNC(=O)CO/N=C/c2ccc([18F])cc2)C(=O)N[C@H]2CSSC[C@H](NC(=O)[C@H](CC(=O)O)NC(=O)CNC(=O)[C@H](CCCN=C(N)N)NC2=O)C(=O)N[C@@H](Cc2ccccc2)C(=O)N1.COCCNC(=O)COCC(C)=O. The molecule has 7 atom stereocenters. The highest BCUT2D eigenvalue weighted by Gasteiger charge is 2.36. The molecular formula is C78H122FN17O27S3. The number of unbranched alkanes of at least 4 members (excludes halogenated alkanes) is 1. The van der Waals surface area contributed by atoms with Gasteiger partial charge >= 0.3 is 5.97 Å². The number of ketones is 1. The molecule has 0 aromatic heterocycles. The number of benzene rings is 2. The molecule has 4 rings (SSSR count). The summed E-state index contributed by atoms with van der Waals surface area (Å²) in [5.41, 5.74) is 12.2. The van der Waals surface area contributed by atoms with Gasteiger partial charge in [0.15, 0.2) is 18.3 Å². The van der Waals surface area contributed by atoms with Crippen molar-refractivity contribution in [2.45, 2.75) is 108 Å². The Balaban J connectivity index is 0.00000289. The smallest absolute Gasteiger partial charge is 0.305 e. The predicted molar refractivity (Wildman–Crippen MR) is 460 cm³/mol. The number of amides is 13. The van der Waals surface area contributed by atoms with Crippen molar-refractivity contribution < 1.29 is 134 Å². The molecular weight excluding hydrogens is 1720 g/mol. The number of guanidine groups is 1. The number of carbonyl (C=O) groups is 15. The molecule has 48 heteroatoms. The highest BCUT2D eigenvalue weighted by Crippen LogP contribution is 2.24. The van der Waals surface area contributed by atoms with Crippen LogP contribution in [0.25, 0.3) is 0 Å². The number of nitrogens with zero attached hydrogens (tertiary/aromatic N) is 2. The quantitative estimate of drug-likeness (QED) is 0.00971. The summed E-state index contributed by atoms with van der Waals surface area (Å²) >= 11 is 0.902. The minimum absolute atomic E-state index is 0.00551. The van der Waals surface area contributed by atoms with Gasteiger partial charge in [0, 0.05) is 76.7 Å². The number of rotatable bonds is 55. The van der Waals surface area contributed by atoms with Gasteiger partial charge in [0.05, 0.1) is 117 Å². The number of nitrogens with one attached hydrogen (secondary N) is 13. The van der Waals surface area contributed by atoms with Crippen LogP contribution in [0.4, 0.5) is 4.39 Å². The third-order valence-electron chi connectivity index (χ3n) is 16.7. The molecule has 126 heavy (non-hydrogen) atoms. The zero-order chi connectivity index (χ0) is 92.2. The summed E-state index contributed by atoms with van der Waals surface area (Å²) in [7, 11) is 3.37. The van der Waals surface area contributed by atoms with Crippen LogP contribution >= 0.6 is 33.3 Å². The molecule has 2 heterocycles. The Bertz CT molecular complexity index is 3670. The van der Waals surface area contributed by atoms with Crippen LogP contribution in [0.15, 0.2) is 64.7 Å². The number of halogens is 1. The summed E-state index contributed by atoms with van der Waals surface area (Å²) in [6.07, 6.45) is 1.29. The Morgan fingerprint density at radius 2 is 0.976 bits per heavy atom. The third kappa shape index (κ3) is 56.2. The molecule has 18 N–H and O–H groups in total. The van der Waals surface area contributed by atoms with Crippen LogP contribution < -0.4 is 80.6 Å². The number of nitrogens with two attached hydrogens (primary N) is 2. The van der Waals surface area contributed by atoms with Crippen molar-refractivity contribution in [3.63, 3.8) is 0 Å². The Morgan fingerprint density at radius 1 is 0.500 bits per heavy atom. The van der Waals surface area contributed by atoms with Crippen LogP contribution in [-0.2, 0) is 131 Å². The summed E-state index contributed by atoms with van der Waals surface area (Å²) in [4.78, 5) is 207. The number of hydrogen-bond acceptors (Lipinski definition) is 31. The maximum Gasteiger partial charge on any atom is 0.305 e. The van der Waals surface area contributed by atoms with Crippen LogP contribution in [0.5, 0.6) is 0 Å². The van der Waals surface area contributed by atoms with Crippen molar-refractivity contribution in [1.29, 1.82) is 0 Å². The average Bonchev–Trinajstić information content (AvgIpc) is 1.14. The molecule has 2 aromatic carbocycles. The van der Waals surface area contributed by atoms with Gasteiger partial charge in [-0.05, 0) is 68.7 Å². The first-order valence-corrected chi connectivity index (χ1v) is 44.4. The Kier molecular flexibility index (Phi) is 61.3. The Hall–Kier alpha value is -9.99. The van der Waals surface area contributed by atoms with E-state index in [9.17, 15) is 81.4 Å². The average molecular weight is 1840 g/mol. The summed E-state index contributed by atoms with van der Waals surface area (Å²) in [6, 6.07) is 3.47. The molecule has 2 aromatic rings. The van der Waals surface area contributed by atoms with Crippen LogP contribution in [0, 0.1) is 5.82 Å². The molecule has 0 radical (unpaired) electrons. The number of methoxy groups -OCH3 is 1. The lowest BCUT2D eigenvalue weighted by Gasteiger charge is -2.27. The molecule has 2 bridgehead atoms. The third-order valence-corrected chi connectivity index (χ3v) is 20.1. The van der Waals surface area contributed by atoms with E-state index in [0.717, 1.165) is 39.8 Å². The highest BCUT2D eigenvalue weighted by atomic mass is 33.1. The fraction of sp³-hybridized carbons (Fsp3) is 0.628. The van der Waals surface area contributed by atoms with Gasteiger partial charge in [-0.15, -0.1) is 11.8 Å². The number of oxime groups is 1. The number of carbonyl (C=O) groups excluding carboxylic acids is 14. The number of ether oxygens (including phenoxy) is 10. The zero-order valence-electron chi connectivity index (χ0n) is 71.1. The second kappa shape index (κ2) is 70.1. The number of Topliss-reactive ketones (excluding diaryl/α,β-unsaturated/α-hetero) is 1. The van der Waals surface area contributed by atoms with E-state index in [0.29, 0.717) is 77.1 Å². The van der Waals surface area contributed by atoms with E-state index >= 15 is 0 Å². The second-order valence-corrected chi connectivity index (χ2v) is 30.9. The number of aliphatic imine (C=N–C) groups is 1. The predicted octanol–water partition coefficient (Wildman–Crippen LogP) is -4.87. The summed E-state index contributed by atoms with van der Waals surface area (Å²) in [5, 5.41) is 47.2. The van der Waals surface area contributed by atoms with Crippen LogP contribution in [0.2, 0.25) is 0 Å². The molecule has 706 valence electrons. The number of carboxylic acids is 1. The fourth-order valence-electron chi connectivity index (χ4n) is 10.5. The van der Waals surface area contributed by atoms with Crippen molar-refractivity contribution in [1.82, 2.24) is 69.1 Å². The van der Waals surface area contributed by atoms with Gasteiger partial charge in [0.25, 0.3) is 5.91 Å².